The van der Waals surface area contributed by atoms with E-state index >= 15 is 0 Å². The van der Waals surface area contributed by atoms with Gasteiger partial charge in [0.2, 0.25) is 0 Å². The summed E-state index contributed by atoms with van der Waals surface area (Å²) in [4.78, 5) is 13.5. The monoisotopic (exact) mass is 411 g/mol. The van der Waals surface area contributed by atoms with E-state index in [0.29, 0.717) is 40.1 Å². The number of aromatic nitrogens is 3. The van der Waals surface area contributed by atoms with Gasteiger partial charge in [0.05, 0.1) is 5.02 Å². The number of hydrogen-bond donors (Lipinski definition) is 0. The van der Waals surface area contributed by atoms with Crippen LogP contribution in [0.5, 0.6) is 0 Å². The standard InChI is InChI=1S/C19H20ClF2N3OS/c1-5-24-17(13-7-6-12(9-15(13)20)27-19(21)22)23-25-11(4)8-14(10(2)3)16(25)18(24)26/h6-10,19H,5H2,1-4H3. The summed E-state index contributed by atoms with van der Waals surface area (Å²) in [5, 5.41) is 4.95. The van der Waals surface area contributed by atoms with Crippen molar-refractivity contribution in [3.8, 4) is 11.4 Å². The largest absolute Gasteiger partial charge is 0.290 e. The molecule has 2 heterocycles. The van der Waals surface area contributed by atoms with Crippen LogP contribution in [0.15, 0.2) is 34.0 Å². The number of thioether (sulfide) groups is 1. The van der Waals surface area contributed by atoms with Crippen LogP contribution in [-0.4, -0.2) is 19.9 Å². The maximum Gasteiger partial charge on any atom is 0.288 e. The number of halogens is 3. The first-order chi connectivity index (χ1) is 12.7. The first-order valence-electron chi connectivity index (χ1n) is 8.62. The van der Waals surface area contributed by atoms with Gasteiger partial charge in [-0.05, 0) is 49.6 Å². The molecule has 0 bridgehead atoms. The zero-order chi connectivity index (χ0) is 19.9. The Morgan fingerprint density at radius 3 is 2.52 bits per heavy atom. The summed E-state index contributed by atoms with van der Waals surface area (Å²) in [6, 6.07) is 6.65. The van der Waals surface area contributed by atoms with Gasteiger partial charge in [0.25, 0.3) is 11.3 Å². The van der Waals surface area contributed by atoms with Crippen molar-refractivity contribution in [2.24, 2.45) is 0 Å². The van der Waals surface area contributed by atoms with Crippen LogP contribution >= 0.6 is 23.4 Å². The van der Waals surface area contributed by atoms with Gasteiger partial charge >= 0.3 is 0 Å². The van der Waals surface area contributed by atoms with Gasteiger partial charge in [0.15, 0.2) is 5.82 Å². The lowest BCUT2D eigenvalue weighted by Crippen LogP contribution is -2.26. The topological polar surface area (TPSA) is 39.3 Å². The second-order valence-corrected chi connectivity index (χ2v) is 8.02. The van der Waals surface area contributed by atoms with Gasteiger partial charge in [-0.3, -0.25) is 9.36 Å². The van der Waals surface area contributed by atoms with Crippen LogP contribution in [0.4, 0.5) is 8.78 Å². The highest BCUT2D eigenvalue weighted by Crippen LogP contribution is 2.33. The van der Waals surface area contributed by atoms with Crippen molar-refractivity contribution in [1.82, 2.24) is 14.2 Å². The fourth-order valence-corrected chi connectivity index (χ4v) is 4.02. The van der Waals surface area contributed by atoms with Crippen LogP contribution in [0.1, 0.15) is 37.9 Å². The smallest absolute Gasteiger partial charge is 0.288 e. The van der Waals surface area contributed by atoms with E-state index in [9.17, 15) is 13.6 Å². The zero-order valence-electron chi connectivity index (χ0n) is 15.5. The summed E-state index contributed by atoms with van der Waals surface area (Å²) in [6.07, 6.45) is 0. The van der Waals surface area contributed by atoms with Crippen molar-refractivity contribution in [1.29, 1.82) is 0 Å². The lowest BCUT2D eigenvalue weighted by molar-refractivity contribution is 0.252. The Balaban J connectivity index is 2.26. The van der Waals surface area contributed by atoms with E-state index in [1.165, 1.54) is 6.07 Å². The molecule has 0 amide bonds. The van der Waals surface area contributed by atoms with Crippen LogP contribution < -0.4 is 5.56 Å². The predicted molar refractivity (Wildman–Crippen MR) is 106 cm³/mol. The number of rotatable bonds is 5. The fraction of sp³-hybridized carbons (Fsp3) is 0.368. The van der Waals surface area contributed by atoms with E-state index in [1.807, 2.05) is 33.8 Å². The molecule has 0 unspecified atom stereocenters. The summed E-state index contributed by atoms with van der Waals surface area (Å²) in [5.74, 6) is -1.91. The molecule has 0 fully saturated rings. The molecule has 3 aromatic rings. The summed E-state index contributed by atoms with van der Waals surface area (Å²) >= 11 is 6.78. The van der Waals surface area contributed by atoms with E-state index in [2.05, 4.69) is 5.10 Å². The van der Waals surface area contributed by atoms with Crippen molar-refractivity contribution in [2.45, 2.75) is 50.8 Å². The Labute approximate surface area is 165 Å². The molecule has 8 heteroatoms. The number of fused-ring (bicyclic) bond motifs is 1. The molecule has 0 radical (unpaired) electrons. The Kier molecular flexibility index (Phi) is 5.63. The first-order valence-corrected chi connectivity index (χ1v) is 9.88. The van der Waals surface area contributed by atoms with Crippen molar-refractivity contribution in [3.63, 3.8) is 0 Å². The summed E-state index contributed by atoms with van der Waals surface area (Å²) < 4.78 is 28.4. The average Bonchev–Trinajstić information content (AvgIpc) is 2.92. The van der Waals surface area contributed by atoms with Gasteiger partial charge in [0, 0.05) is 22.7 Å². The highest BCUT2D eigenvalue weighted by atomic mass is 35.5. The minimum absolute atomic E-state index is 0.138. The number of hydrogen-bond acceptors (Lipinski definition) is 3. The number of alkyl halides is 2. The van der Waals surface area contributed by atoms with E-state index in [-0.39, 0.29) is 16.5 Å². The van der Waals surface area contributed by atoms with Gasteiger partial charge in [-0.2, -0.15) is 8.78 Å². The van der Waals surface area contributed by atoms with Gasteiger partial charge in [-0.25, -0.2) is 4.52 Å². The van der Waals surface area contributed by atoms with Crippen LogP contribution in [0, 0.1) is 6.92 Å². The van der Waals surface area contributed by atoms with Gasteiger partial charge in [-0.15, -0.1) is 5.10 Å². The lowest BCUT2D eigenvalue weighted by atomic mass is 10.1. The highest BCUT2D eigenvalue weighted by Gasteiger charge is 2.20. The molecule has 2 aromatic heterocycles. The van der Waals surface area contributed by atoms with E-state index in [0.717, 1.165) is 11.3 Å². The van der Waals surface area contributed by atoms with Crippen LogP contribution in [0.2, 0.25) is 5.02 Å². The Hall–Kier alpha value is -1.86. The molecule has 0 N–H and O–H groups in total. The van der Waals surface area contributed by atoms with E-state index < -0.39 is 5.76 Å². The van der Waals surface area contributed by atoms with Gasteiger partial charge < -0.3 is 0 Å². The maximum absolute atomic E-state index is 13.2. The summed E-state index contributed by atoms with van der Waals surface area (Å²) in [7, 11) is 0. The summed E-state index contributed by atoms with van der Waals surface area (Å²) in [6.45, 7) is 8.25. The van der Waals surface area contributed by atoms with Crippen molar-refractivity contribution < 1.29 is 8.78 Å². The molecule has 0 saturated heterocycles. The SMILES string of the molecule is CCn1c(-c2ccc(SC(F)F)cc2Cl)nn2c(C)cc(C(C)C)c2c1=O. The van der Waals surface area contributed by atoms with Crippen molar-refractivity contribution in [2.75, 3.05) is 0 Å². The first kappa shape index (κ1) is 19.9. The number of aryl methyl sites for hydroxylation is 1. The van der Waals surface area contributed by atoms with Crippen LogP contribution in [-0.2, 0) is 6.54 Å². The molecule has 0 saturated carbocycles. The Morgan fingerprint density at radius 2 is 1.96 bits per heavy atom. The second-order valence-electron chi connectivity index (χ2n) is 6.55. The van der Waals surface area contributed by atoms with E-state index in [1.54, 1.807) is 21.2 Å². The molecule has 0 aliphatic rings. The third kappa shape index (κ3) is 3.62. The summed E-state index contributed by atoms with van der Waals surface area (Å²) in [5.41, 5.74) is 2.77. The molecule has 27 heavy (non-hydrogen) atoms. The molecular formula is C19H20ClF2N3OS. The minimum Gasteiger partial charge on any atom is -0.290 e. The molecule has 4 nitrogen and oxygen atoms in total. The Morgan fingerprint density at radius 1 is 1.26 bits per heavy atom. The molecule has 144 valence electrons. The molecule has 3 rings (SSSR count). The molecular weight excluding hydrogens is 392 g/mol. The third-order valence-electron chi connectivity index (χ3n) is 4.43. The van der Waals surface area contributed by atoms with Crippen LogP contribution in [0.25, 0.3) is 16.9 Å². The van der Waals surface area contributed by atoms with E-state index in [4.69, 9.17) is 11.6 Å². The zero-order valence-corrected chi connectivity index (χ0v) is 17.0. The number of benzene rings is 1. The quantitative estimate of drug-likeness (QED) is 0.514. The molecule has 1 aromatic carbocycles. The van der Waals surface area contributed by atoms with Crippen molar-refractivity contribution in [3.05, 3.63) is 50.9 Å². The third-order valence-corrected chi connectivity index (χ3v) is 5.44. The van der Waals surface area contributed by atoms with Gasteiger partial charge in [-0.1, -0.05) is 37.2 Å². The maximum atomic E-state index is 13.2. The predicted octanol–water partition coefficient (Wildman–Crippen LogP) is 5.58. The lowest BCUT2D eigenvalue weighted by Gasteiger charge is -2.14. The second kappa shape index (κ2) is 7.64. The molecule has 0 atom stereocenters. The molecule has 0 aliphatic heterocycles. The van der Waals surface area contributed by atoms with Crippen LogP contribution in [0.3, 0.4) is 0 Å². The molecule has 0 spiro atoms. The molecule has 0 aliphatic carbocycles. The fourth-order valence-electron chi connectivity index (χ4n) is 3.15. The average molecular weight is 412 g/mol. The number of nitrogens with zero attached hydrogens (tertiary/aromatic N) is 3. The van der Waals surface area contributed by atoms with Crippen molar-refractivity contribution >= 4 is 28.9 Å². The normalized spacial score (nSPS) is 11.9. The minimum atomic E-state index is -2.52. The Bertz CT molecular complexity index is 1060. The van der Waals surface area contributed by atoms with Gasteiger partial charge in [0.1, 0.15) is 5.52 Å². The highest BCUT2D eigenvalue weighted by molar-refractivity contribution is 7.99.